The maximum Gasteiger partial charge on any atom is 0.338 e. The Kier molecular flexibility index (Phi) is 5.10. The Morgan fingerprint density at radius 2 is 2.17 bits per heavy atom. The summed E-state index contributed by atoms with van der Waals surface area (Å²) in [5.41, 5.74) is 1.38. The number of carbonyl (C=O) groups is 1. The lowest BCUT2D eigenvalue weighted by Gasteiger charge is -2.26. The number of esters is 1. The lowest BCUT2D eigenvalue weighted by Crippen LogP contribution is -2.35. The number of benzene rings is 1. The molecule has 0 bridgehead atoms. The summed E-state index contributed by atoms with van der Waals surface area (Å²) in [7, 11) is -3.63. The Morgan fingerprint density at radius 1 is 1.38 bits per heavy atom. The standard InChI is InChI=1S/C16H16BrNO4S2/c1-2-22-16(19)11-3-4-15(13(17)9-11)24(20,21)18-7-5-14-12(10-18)6-8-23-14/h3-4,6,8-9H,2,5,7,10H2,1H3. The lowest BCUT2D eigenvalue weighted by atomic mass is 10.1. The van der Waals surface area contributed by atoms with Crippen molar-refractivity contribution >= 4 is 43.3 Å². The van der Waals surface area contributed by atoms with Gasteiger partial charge in [-0.05, 0) is 64.5 Å². The lowest BCUT2D eigenvalue weighted by molar-refractivity contribution is 0.0526. The van der Waals surface area contributed by atoms with Crippen molar-refractivity contribution in [1.29, 1.82) is 0 Å². The van der Waals surface area contributed by atoms with Gasteiger partial charge in [0.15, 0.2) is 0 Å². The normalized spacial score (nSPS) is 15.1. The Balaban J connectivity index is 1.89. The van der Waals surface area contributed by atoms with Crippen molar-refractivity contribution in [2.24, 2.45) is 0 Å². The summed E-state index contributed by atoms with van der Waals surface area (Å²) in [4.78, 5) is 13.2. The van der Waals surface area contributed by atoms with Gasteiger partial charge in [-0.3, -0.25) is 0 Å². The SMILES string of the molecule is CCOC(=O)c1ccc(S(=O)(=O)N2CCc3sccc3C2)c(Br)c1. The third-order valence-corrected chi connectivity index (χ3v) is 7.68. The van der Waals surface area contributed by atoms with E-state index >= 15 is 0 Å². The molecule has 24 heavy (non-hydrogen) atoms. The van der Waals surface area contributed by atoms with Crippen molar-refractivity contribution in [3.63, 3.8) is 0 Å². The second-order valence-corrected chi connectivity index (χ2v) is 9.08. The van der Waals surface area contributed by atoms with Crippen molar-refractivity contribution in [2.45, 2.75) is 24.8 Å². The average Bonchev–Trinajstić information content (AvgIpc) is 3.02. The predicted octanol–water partition coefficient (Wildman–Crippen LogP) is 3.43. The quantitative estimate of drug-likeness (QED) is 0.698. The monoisotopic (exact) mass is 429 g/mol. The molecule has 0 saturated heterocycles. The van der Waals surface area contributed by atoms with Crippen LogP contribution in [0.4, 0.5) is 0 Å². The molecule has 0 fully saturated rings. The van der Waals surface area contributed by atoms with Gasteiger partial charge in [-0.15, -0.1) is 11.3 Å². The van der Waals surface area contributed by atoms with Crippen molar-refractivity contribution < 1.29 is 17.9 Å². The van der Waals surface area contributed by atoms with Crippen molar-refractivity contribution in [3.05, 3.63) is 50.1 Å². The first-order valence-electron chi connectivity index (χ1n) is 7.45. The Bertz CT molecular complexity index is 876. The van der Waals surface area contributed by atoms with Gasteiger partial charge in [0.2, 0.25) is 10.0 Å². The largest absolute Gasteiger partial charge is 0.462 e. The first-order valence-corrected chi connectivity index (χ1v) is 10.6. The molecule has 0 saturated carbocycles. The molecule has 2 heterocycles. The highest BCUT2D eigenvalue weighted by atomic mass is 79.9. The zero-order valence-electron chi connectivity index (χ0n) is 13.0. The van der Waals surface area contributed by atoms with Crippen LogP contribution in [0.2, 0.25) is 0 Å². The highest BCUT2D eigenvalue weighted by molar-refractivity contribution is 9.10. The van der Waals surface area contributed by atoms with E-state index in [-0.39, 0.29) is 11.5 Å². The topological polar surface area (TPSA) is 63.7 Å². The van der Waals surface area contributed by atoms with Crippen LogP contribution in [0.25, 0.3) is 0 Å². The van der Waals surface area contributed by atoms with Gasteiger partial charge in [-0.1, -0.05) is 0 Å². The molecule has 0 N–H and O–H groups in total. The Morgan fingerprint density at radius 3 is 2.88 bits per heavy atom. The number of carbonyl (C=O) groups excluding carboxylic acids is 1. The number of thiophene rings is 1. The molecule has 8 heteroatoms. The van der Waals surface area contributed by atoms with Crippen LogP contribution in [-0.2, 0) is 27.7 Å². The summed E-state index contributed by atoms with van der Waals surface area (Å²) in [6.45, 7) is 2.84. The third kappa shape index (κ3) is 3.28. The van der Waals surface area contributed by atoms with Gasteiger partial charge >= 0.3 is 5.97 Å². The zero-order valence-corrected chi connectivity index (χ0v) is 16.2. The van der Waals surface area contributed by atoms with Crippen molar-refractivity contribution in [1.82, 2.24) is 4.31 Å². The fraction of sp³-hybridized carbons (Fsp3) is 0.312. The second-order valence-electron chi connectivity index (χ2n) is 5.32. The summed E-state index contributed by atoms with van der Waals surface area (Å²) in [6, 6.07) is 6.40. The first-order chi connectivity index (χ1) is 11.4. The fourth-order valence-corrected chi connectivity index (χ4v) is 5.96. The molecular formula is C16H16BrNO4S2. The Labute approximate surface area is 153 Å². The minimum Gasteiger partial charge on any atom is -0.462 e. The van der Waals surface area contributed by atoms with E-state index in [0.29, 0.717) is 23.1 Å². The molecule has 1 aliphatic rings. The molecule has 128 valence electrons. The summed E-state index contributed by atoms with van der Waals surface area (Å²) in [5.74, 6) is -0.469. The number of sulfonamides is 1. The summed E-state index contributed by atoms with van der Waals surface area (Å²) < 4.78 is 32.6. The third-order valence-electron chi connectivity index (χ3n) is 3.83. The number of nitrogens with zero attached hydrogens (tertiary/aromatic N) is 1. The van der Waals surface area contributed by atoms with Crippen molar-refractivity contribution in [3.8, 4) is 0 Å². The molecular weight excluding hydrogens is 414 g/mol. The van der Waals surface area contributed by atoms with E-state index in [4.69, 9.17) is 4.74 Å². The van der Waals surface area contributed by atoms with Gasteiger partial charge in [0.25, 0.3) is 0 Å². The number of hydrogen-bond donors (Lipinski definition) is 0. The van der Waals surface area contributed by atoms with Gasteiger partial charge in [0, 0.05) is 22.4 Å². The van der Waals surface area contributed by atoms with Crippen molar-refractivity contribution in [2.75, 3.05) is 13.2 Å². The van der Waals surface area contributed by atoms with Gasteiger partial charge in [-0.25, -0.2) is 13.2 Å². The molecule has 5 nitrogen and oxygen atoms in total. The van der Waals surface area contributed by atoms with Crippen LogP contribution in [0.3, 0.4) is 0 Å². The average molecular weight is 430 g/mol. The molecule has 0 amide bonds. The molecule has 2 aromatic rings. The van der Waals surface area contributed by atoms with E-state index in [2.05, 4.69) is 15.9 Å². The van der Waals surface area contributed by atoms with E-state index in [0.717, 1.165) is 12.0 Å². The maximum absolute atomic E-state index is 12.9. The van der Waals surface area contributed by atoms with E-state index in [1.54, 1.807) is 18.3 Å². The predicted molar refractivity (Wildman–Crippen MR) is 95.7 cm³/mol. The zero-order chi connectivity index (χ0) is 17.3. The van der Waals surface area contributed by atoms with Crippen LogP contribution in [0.5, 0.6) is 0 Å². The Hall–Kier alpha value is -1.22. The molecule has 0 spiro atoms. The summed E-state index contributed by atoms with van der Waals surface area (Å²) >= 11 is 4.95. The highest BCUT2D eigenvalue weighted by Crippen LogP contribution is 2.31. The van der Waals surface area contributed by atoms with Crippen LogP contribution in [0.15, 0.2) is 39.0 Å². The van der Waals surface area contributed by atoms with Crippen LogP contribution in [-0.4, -0.2) is 31.8 Å². The van der Waals surface area contributed by atoms with Crippen LogP contribution >= 0.6 is 27.3 Å². The van der Waals surface area contributed by atoms with Crippen LogP contribution in [0.1, 0.15) is 27.7 Å². The van der Waals surface area contributed by atoms with E-state index in [9.17, 15) is 13.2 Å². The van der Waals surface area contributed by atoms with Gasteiger partial charge in [0.1, 0.15) is 0 Å². The highest BCUT2D eigenvalue weighted by Gasteiger charge is 2.30. The smallest absolute Gasteiger partial charge is 0.338 e. The van der Waals surface area contributed by atoms with E-state index in [1.807, 2.05) is 11.4 Å². The fourth-order valence-electron chi connectivity index (χ4n) is 2.62. The van der Waals surface area contributed by atoms with Crippen LogP contribution in [0, 0.1) is 0 Å². The minimum atomic E-state index is -3.63. The summed E-state index contributed by atoms with van der Waals surface area (Å²) in [6.07, 6.45) is 0.727. The van der Waals surface area contributed by atoms with E-state index in [1.165, 1.54) is 27.4 Å². The molecule has 0 unspecified atom stereocenters. The second kappa shape index (κ2) is 6.95. The molecule has 1 aromatic carbocycles. The minimum absolute atomic E-state index is 0.161. The molecule has 0 atom stereocenters. The molecule has 1 aliphatic heterocycles. The maximum atomic E-state index is 12.9. The van der Waals surface area contributed by atoms with Crippen LogP contribution < -0.4 is 0 Å². The number of rotatable bonds is 4. The molecule has 3 rings (SSSR count). The number of fused-ring (bicyclic) bond motifs is 1. The molecule has 1 aromatic heterocycles. The van der Waals surface area contributed by atoms with Gasteiger partial charge in [0.05, 0.1) is 17.1 Å². The number of halogens is 1. The number of ether oxygens (including phenoxy) is 1. The van der Waals surface area contributed by atoms with E-state index < -0.39 is 16.0 Å². The van der Waals surface area contributed by atoms with Gasteiger partial charge in [-0.2, -0.15) is 4.31 Å². The van der Waals surface area contributed by atoms with Gasteiger partial charge < -0.3 is 4.74 Å². The molecule has 0 aliphatic carbocycles. The molecule has 0 radical (unpaired) electrons. The first kappa shape index (κ1) is 17.6. The number of hydrogen-bond acceptors (Lipinski definition) is 5. The summed E-state index contributed by atoms with van der Waals surface area (Å²) in [5, 5.41) is 1.99.